The third kappa shape index (κ3) is 4.61. The quantitative estimate of drug-likeness (QED) is 0.805. The van der Waals surface area contributed by atoms with Crippen LogP contribution >= 0.6 is 24.2 Å². The van der Waals surface area contributed by atoms with Gasteiger partial charge in [0.05, 0.1) is 5.41 Å². The Morgan fingerprint density at radius 3 is 2.44 bits per heavy atom. The number of carbonyl (C=O) groups is 1. The fourth-order valence-corrected chi connectivity index (χ4v) is 2.06. The molecule has 108 valence electrons. The van der Waals surface area contributed by atoms with E-state index in [0.29, 0.717) is 26.3 Å². The number of halogens is 1. The Labute approximate surface area is 120 Å². The molecule has 0 atom stereocenters. The Morgan fingerprint density at radius 1 is 1.44 bits per heavy atom. The zero-order chi connectivity index (χ0) is 12.9. The highest BCUT2D eigenvalue weighted by Crippen LogP contribution is 2.30. The summed E-state index contributed by atoms with van der Waals surface area (Å²) in [5.74, 6) is 0.0884. The van der Waals surface area contributed by atoms with Gasteiger partial charge in [-0.05, 0) is 32.9 Å². The molecule has 0 saturated carbocycles. The predicted molar refractivity (Wildman–Crippen MR) is 79.4 cm³/mol. The van der Waals surface area contributed by atoms with Gasteiger partial charge in [0, 0.05) is 31.1 Å². The van der Waals surface area contributed by atoms with Gasteiger partial charge in [0.1, 0.15) is 0 Å². The van der Waals surface area contributed by atoms with E-state index in [1.807, 2.05) is 0 Å². The summed E-state index contributed by atoms with van der Waals surface area (Å²) in [6, 6.07) is 0. The molecule has 1 amide bonds. The number of carbonyl (C=O) groups excluding carboxylic acids is 1. The molecule has 1 fully saturated rings. The maximum Gasteiger partial charge on any atom is 0.227 e. The van der Waals surface area contributed by atoms with Gasteiger partial charge in [-0.15, -0.1) is 12.4 Å². The van der Waals surface area contributed by atoms with Crippen molar-refractivity contribution in [3.05, 3.63) is 0 Å². The minimum absolute atomic E-state index is 0. The van der Waals surface area contributed by atoms with E-state index in [0.717, 1.165) is 12.8 Å². The largest absolute Gasteiger partial charge is 0.381 e. The zero-order valence-corrected chi connectivity index (χ0v) is 13.1. The summed E-state index contributed by atoms with van der Waals surface area (Å²) in [7, 11) is 0. The zero-order valence-electron chi connectivity index (χ0n) is 11.5. The van der Waals surface area contributed by atoms with E-state index in [1.54, 1.807) is 11.8 Å². The van der Waals surface area contributed by atoms with E-state index in [2.05, 4.69) is 25.4 Å². The number of nitrogens with one attached hydrogen (secondary N) is 1. The number of rotatable bonds is 5. The average molecular weight is 297 g/mol. The van der Waals surface area contributed by atoms with Gasteiger partial charge in [-0.3, -0.25) is 4.79 Å². The highest BCUT2D eigenvalue weighted by atomic mass is 35.5. The maximum atomic E-state index is 12.3. The molecule has 0 bridgehead atoms. The minimum Gasteiger partial charge on any atom is -0.381 e. The van der Waals surface area contributed by atoms with Crippen LogP contribution < -0.4 is 11.1 Å². The molecule has 0 aromatic carbocycles. The van der Waals surface area contributed by atoms with Crippen molar-refractivity contribution in [2.75, 3.05) is 32.6 Å². The van der Waals surface area contributed by atoms with Crippen LogP contribution in [0, 0.1) is 5.41 Å². The summed E-state index contributed by atoms with van der Waals surface area (Å²) in [6.07, 6.45) is 3.52. The van der Waals surface area contributed by atoms with Gasteiger partial charge >= 0.3 is 0 Å². The SMILES string of the molecule is CSC(C)(C)CNC(=O)C1(CN)CCOCC1.Cl. The molecule has 4 nitrogen and oxygen atoms in total. The summed E-state index contributed by atoms with van der Waals surface area (Å²) in [4.78, 5) is 12.3. The average Bonchev–Trinajstić information content (AvgIpc) is 2.37. The molecule has 0 aromatic heterocycles. The highest BCUT2D eigenvalue weighted by molar-refractivity contribution is 7.99. The highest BCUT2D eigenvalue weighted by Gasteiger charge is 2.39. The number of ether oxygens (including phenoxy) is 1. The molecule has 1 aliphatic rings. The van der Waals surface area contributed by atoms with Gasteiger partial charge < -0.3 is 15.8 Å². The lowest BCUT2D eigenvalue weighted by molar-refractivity contribution is -0.135. The molecule has 0 radical (unpaired) electrons. The third-order valence-corrected chi connectivity index (χ3v) is 4.80. The normalized spacial score (nSPS) is 18.9. The monoisotopic (exact) mass is 296 g/mol. The fourth-order valence-electron chi connectivity index (χ4n) is 1.84. The summed E-state index contributed by atoms with van der Waals surface area (Å²) in [5, 5.41) is 3.04. The van der Waals surface area contributed by atoms with Crippen molar-refractivity contribution >= 4 is 30.1 Å². The third-order valence-electron chi connectivity index (χ3n) is 3.55. The lowest BCUT2D eigenvalue weighted by Gasteiger charge is -2.35. The van der Waals surface area contributed by atoms with E-state index >= 15 is 0 Å². The Bertz CT molecular complexity index is 269. The van der Waals surface area contributed by atoms with Crippen molar-refractivity contribution in [1.29, 1.82) is 0 Å². The minimum atomic E-state index is -0.410. The second kappa shape index (κ2) is 7.58. The van der Waals surface area contributed by atoms with Crippen LogP contribution in [0.25, 0.3) is 0 Å². The summed E-state index contributed by atoms with van der Waals surface area (Å²) >= 11 is 1.75. The van der Waals surface area contributed by atoms with Crippen LogP contribution in [0.4, 0.5) is 0 Å². The Balaban J connectivity index is 0.00000289. The van der Waals surface area contributed by atoms with Crippen LogP contribution in [0.5, 0.6) is 0 Å². The molecular formula is C12H25ClN2O2S. The number of nitrogens with two attached hydrogens (primary N) is 1. The number of amides is 1. The molecule has 18 heavy (non-hydrogen) atoms. The molecule has 1 aliphatic heterocycles. The van der Waals surface area contributed by atoms with Crippen LogP contribution in [0.1, 0.15) is 26.7 Å². The van der Waals surface area contributed by atoms with Crippen LogP contribution in [0.2, 0.25) is 0 Å². The lowest BCUT2D eigenvalue weighted by atomic mass is 9.79. The molecule has 1 saturated heterocycles. The van der Waals surface area contributed by atoms with Crippen LogP contribution in [0.15, 0.2) is 0 Å². The standard InChI is InChI=1S/C12H24N2O2S.ClH/c1-11(2,17-3)9-14-10(15)12(8-13)4-6-16-7-5-12;/h4-9,13H2,1-3H3,(H,14,15);1H. The molecular weight excluding hydrogens is 272 g/mol. The van der Waals surface area contributed by atoms with Crippen LogP contribution in [-0.4, -0.2) is 43.2 Å². The Morgan fingerprint density at radius 2 is 2.00 bits per heavy atom. The molecule has 1 heterocycles. The lowest BCUT2D eigenvalue weighted by Crippen LogP contribution is -2.51. The van der Waals surface area contributed by atoms with Crippen molar-refractivity contribution in [3.63, 3.8) is 0 Å². The first-order chi connectivity index (χ1) is 7.96. The second-order valence-corrected chi connectivity index (χ2v) is 6.76. The van der Waals surface area contributed by atoms with E-state index in [-0.39, 0.29) is 23.1 Å². The Hall–Kier alpha value is 0.0300. The van der Waals surface area contributed by atoms with Gasteiger partial charge in [-0.2, -0.15) is 11.8 Å². The number of thioether (sulfide) groups is 1. The van der Waals surface area contributed by atoms with Crippen molar-refractivity contribution in [1.82, 2.24) is 5.32 Å². The van der Waals surface area contributed by atoms with Gasteiger partial charge in [-0.1, -0.05) is 0 Å². The molecule has 1 rings (SSSR count). The van der Waals surface area contributed by atoms with Crippen molar-refractivity contribution in [2.24, 2.45) is 11.1 Å². The summed E-state index contributed by atoms with van der Waals surface area (Å²) in [5.41, 5.74) is 5.38. The summed E-state index contributed by atoms with van der Waals surface area (Å²) in [6.45, 7) is 6.60. The first-order valence-corrected chi connectivity index (χ1v) is 7.29. The first-order valence-electron chi connectivity index (χ1n) is 6.07. The van der Waals surface area contributed by atoms with Crippen molar-refractivity contribution in [3.8, 4) is 0 Å². The van der Waals surface area contributed by atoms with E-state index in [1.165, 1.54) is 0 Å². The molecule has 0 aromatic rings. The van der Waals surface area contributed by atoms with Gasteiger partial charge in [0.15, 0.2) is 0 Å². The van der Waals surface area contributed by atoms with Gasteiger partial charge in [0.25, 0.3) is 0 Å². The molecule has 0 spiro atoms. The molecule has 3 N–H and O–H groups in total. The molecule has 6 heteroatoms. The van der Waals surface area contributed by atoms with Crippen molar-refractivity contribution in [2.45, 2.75) is 31.4 Å². The van der Waals surface area contributed by atoms with Crippen LogP contribution in [0.3, 0.4) is 0 Å². The predicted octanol–water partition coefficient (Wildman–Crippen LogP) is 1.42. The number of hydrogen-bond acceptors (Lipinski definition) is 4. The van der Waals surface area contributed by atoms with Gasteiger partial charge in [0.2, 0.25) is 5.91 Å². The first kappa shape index (κ1) is 18.0. The molecule has 0 unspecified atom stereocenters. The van der Waals surface area contributed by atoms with E-state index in [4.69, 9.17) is 10.5 Å². The maximum absolute atomic E-state index is 12.3. The molecule has 0 aliphatic carbocycles. The van der Waals surface area contributed by atoms with Crippen LogP contribution in [-0.2, 0) is 9.53 Å². The van der Waals surface area contributed by atoms with E-state index < -0.39 is 5.41 Å². The van der Waals surface area contributed by atoms with Gasteiger partial charge in [-0.25, -0.2) is 0 Å². The second-order valence-electron chi connectivity index (χ2n) is 5.24. The smallest absolute Gasteiger partial charge is 0.227 e. The Kier molecular flexibility index (Phi) is 7.59. The topological polar surface area (TPSA) is 64.4 Å². The van der Waals surface area contributed by atoms with Crippen molar-refractivity contribution < 1.29 is 9.53 Å². The summed E-state index contributed by atoms with van der Waals surface area (Å²) < 4.78 is 5.37. The number of hydrogen-bond donors (Lipinski definition) is 2. The van der Waals surface area contributed by atoms with E-state index in [9.17, 15) is 4.79 Å². The fraction of sp³-hybridized carbons (Fsp3) is 0.917.